The van der Waals surface area contributed by atoms with Crippen molar-refractivity contribution in [2.24, 2.45) is 5.92 Å². The Morgan fingerprint density at radius 1 is 1.60 bits per heavy atom. The van der Waals surface area contributed by atoms with E-state index in [4.69, 9.17) is 16.9 Å². The molecule has 1 saturated carbocycles. The van der Waals surface area contributed by atoms with Crippen LogP contribution in [0, 0.1) is 17.2 Å². The van der Waals surface area contributed by atoms with E-state index >= 15 is 0 Å². The molecular weight excluding hydrogens is 208 g/mol. The Morgan fingerprint density at radius 2 is 2.40 bits per heavy atom. The lowest BCUT2D eigenvalue weighted by Gasteiger charge is -2.07. The monoisotopic (exact) mass is 220 g/mol. The molecule has 1 aromatic carbocycles. The molecule has 1 N–H and O–H groups in total. The first-order chi connectivity index (χ1) is 7.24. The minimum atomic E-state index is 0.528. The Balaban J connectivity index is 2.14. The summed E-state index contributed by atoms with van der Waals surface area (Å²) >= 11 is 5.90. The van der Waals surface area contributed by atoms with Crippen LogP contribution in [-0.2, 0) is 0 Å². The molecule has 0 spiro atoms. The summed E-state index contributed by atoms with van der Waals surface area (Å²) in [5, 5.41) is 13.0. The molecule has 1 aliphatic rings. The third kappa shape index (κ3) is 2.24. The molecule has 3 heteroatoms. The van der Waals surface area contributed by atoms with Crippen LogP contribution in [0.15, 0.2) is 18.2 Å². The van der Waals surface area contributed by atoms with Gasteiger partial charge in [0.2, 0.25) is 0 Å². The van der Waals surface area contributed by atoms with E-state index in [0.717, 1.165) is 11.6 Å². The molecule has 0 heterocycles. The van der Waals surface area contributed by atoms with E-state index in [9.17, 15) is 0 Å². The van der Waals surface area contributed by atoms with Gasteiger partial charge in [-0.1, -0.05) is 24.9 Å². The molecule has 2 atom stereocenters. The zero-order valence-electron chi connectivity index (χ0n) is 8.63. The Morgan fingerprint density at radius 3 is 3.00 bits per heavy atom. The maximum Gasteiger partial charge on any atom is 0.101 e. The Hall–Kier alpha value is -1.20. The van der Waals surface area contributed by atoms with Crippen LogP contribution in [0.2, 0.25) is 5.02 Å². The summed E-state index contributed by atoms with van der Waals surface area (Å²) in [4.78, 5) is 0. The van der Waals surface area contributed by atoms with Gasteiger partial charge in [-0.25, -0.2) is 0 Å². The third-order valence-electron chi connectivity index (χ3n) is 2.89. The molecule has 0 aliphatic heterocycles. The molecule has 0 radical (unpaired) electrons. The van der Waals surface area contributed by atoms with Crippen molar-refractivity contribution in [2.75, 3.05) is 5.32 Å². The molecule has 2 nitrogen and oxygen atoms in total. The van der Waals surface area contributed by atoms with Crippen LogP contribution in [0.5, 0.6) is 0 Å². The number of benzene rings is 1. The normalized spacial score (nSPS) is 23.3. The zero-order valence-corrected chi connectivity index (χ0v) is 9.38. The van der Waals surface area contributed by atoms with Gasteiger partial charge in [0, 0.05) is 11.1 Å². The van der Waals surface area contributed by atoms with Crippen molar-refractivity contribution < 1.29 is 0 Å². The maximum absolute atomic E-state index is 8.93. The molecule has 0 aromatic heterocycles. The van der Waals surface area contributed by atoms with Gasteiger partial charge in [0.05, 0.1) is 11.3 Å². The minimum Gasteiger partial charge on any atom is -0.381 e. The van der Waals surface area contributed by atoms with Gasteiger partial charge in [0.1, 0.15) is 6.07 Å². The highest BCUT2D eigenvalue weighted by atomic mass is 35.5. The molecule has 2 unspecified atom stereocenters. The van der Waals surface area contributed by atoms with Crippen molar-refractivity contribution in [3.8, 4) is 6.07 Å². The van der Waals surface area contributed by atoms with Gasteiger partial charge in [0.15, 0.2) is 0 Å². The molecule has 0 bridgehead atoms. The van der Waals surface area contributed by atoms with Crippen LogP contribution < -0.4 is 5.32 Å². The molecule has 0 amide bonds. The second kappa shape index (κ2) is 4.12. The number of anilines is 1. The SMILES string of the molecule is CCC1CC1Nc1cc(Cl)ccc1C#N. The lowest BCUT2D eigenvalue weighted by atomic mass is 10.2. The van der Waals surface area contributed by atoms with Gasteiger partial charge in [0.25, 0.3) is 0 Å². The largest absolute Gasteiger partial charge is 0.381 e. The maximum atomic E-state index is 8.93. The number of hydrogen-bond acceptors (Lipinski definition) is 2. The van der Waals surface area contributed by atoms with Crippen LogP contribution in [0.3, 0.4) is 0 Å². The lowest BCUT2D eigenvalue weighted by molar-refractivity contribution is 0.775. The van der Waals surface area contributed by atoms with Gasteiger partial charge in [-0.2, -0.15) is 5.26 Å². The van der Waals surface area contributed by atoms with Gasteiger partial charge in [-0.3, -0.25) is 0 Å². The average molecular weight is 221 g/mol. The summed E-state index contributed by atoms with van der Waals surface area (Å²) in [7, 11) is 0. The van der Waals surface area contributed by atoms with Crippen LogP contribution in [0.4, 0.5) is 5.69 Å². The number of halogens is 1. The summed E-state index contributed by atoms with van der Waals surface area (Å²) in [6.45, 7) is 2.19. The van der Waals surface area contributed by atoms with Crippen molar-refractivity contribution in [3.63, 3.8) is 0 Å². The molecule has 1 aromatic rings. The molecule has 15 heavy (non-hydrogen) atoms. The van der Waals surface area contributed by atoms with E-state index in [0.29, 0.717) is 16.6 Å². The van der Waals surface area contributed by atoms with E-state index in [1.54, 1.807) is 12.1 Å². The highest BCUT2D eigenvalue weighted by molar-refractivity contribution is 6.30. The quantitative estimate of drug-likeness (QED) is 0.847. The van der Waals surface area contributed by atoms with E-state index in [-0.39, 0.29) is 0 Å². The van der Waals surface area contributed by atoms with Crippen molar-refractivity contribution in [2.45, 2.75) is 25.8 Å². The molecule has 1 aliphatic carbocycles. The van der Waals surface area contributed by atoms with Crippen molar-refractivity contribution in [1.82, 2.24) is 0 Å². The van der Waals surface area contributed by atoms with Crippen molar-refractivity contribution in [3.05, 3.63) is 28.8 Å². The summed E-state index contributed by atoms with van der Waals surface area (Å²) in [6, 6.07) is 8.02. The predicted molar refractivity (Wildman–Crippen MR) is 62.0 cm³/mol. The second-order valence-corrected chi connectivity index (χ2v) is 4.39. The standard InChI is InChI=1S/C12H13ClN2/c1-2-8-5-11(8)15-12-6-10(13)4-3-9(12)7-14/h3-4,6,8,11,15H,2,5H2,1H3. The molecular formula is C12H13ClN2. The minimum absolute atomic E-state index is 0.528. The Kier molecular flexibility index (Phi) is 2.83. The van der Waals surface area contributed by atoms with Gasteiger partial charge in [-0.05, 0) is 30.5 Å². The number of rotatable bonds is 3. The number of hydrogen-bond donors (Lipinski definition) is 1. The fraction of sp³-hybridized carbons (Fsp3) is 0.417. The molecule has 78 valence electrons. The van der Waals surface area contributed by atoms with Gasteiger partial charge >= 0.3 is 0 Å². The highest BCUT2D eigenvalue weighted by Crippen LogP contribution is 2.37. The van der Waals surface area contributed by atoms with E-state index < -0.39 is 0 Å². The molecule has 2 rings (SSSR count). The second-order valence-electron chi connectivity index (χ2n) is 3.96. The Bertz CT molecular complexity index is 409. The van der Waals surface area contributed by atoms with Crippen LogP contribution in [0.1, 0.15) is 25.3 Å². The number of nitrogens with one attached hydrogen (secondary N) is 1. The summed E-state index contributed by atoms with van der Waals surface area (Å²) in [5.41, 5.74) is 1.53. The fourth-order valence-electron chi connectivity index (χ4n) is 1.81. The first-order valence-electron chi connectivity index (χ1n) is 5.20. The summed E-state index contributed by atoms with van der Waals surface area (Å²) in [6.07, 6.45) is 2.40. The summed E-state index contributed by atoms with van der Waals surface area (Å²) in [5.74, 6) is 0.760. The van der Waals surface area contributed by atoms with Gasteiger partial charge in [-0.15, -0.1) is 0 Å². The number of nitriles is 1. The smallest absolute Gasteiger partial charge is 0.101 e. The first kappa shape index (κ1) is 10.3. The third-order valence-corrected chi connectivity index (χ3v) is 3.13. The lowest BCUT2D eigenvalue weighted by Crippen LogP contribution is -2.05. The molecule has 1 fully saturated rings. The highest BCUT2D eigenvalue weighted by Gasteiger charge is 2.35. The first-order valence-corrected chi connectivity index (χ1v) is 5.58. The average Bonchev–Trinajstić information content (AvgIpc) is 2.97. The van der Waals surface area contributed by atoms with Crippen molar-refractivity contribution >= 4 is 17.3 Å². The van der Waals surface area contributed by atoms with Crippen LogP contribution in [0.25, 0.3) is 0 Å². The van der Waals surface area contributed by atoms with Gasteiger partial charge < -0.3 is 5.32 Å². The predicted octanol–water partition coefficient (Wildman–Crippen LogP) is 3.42. The topological polar surface area (TPSA) is 35.8 Å². The Labute approximate surface area is 94.9 Å². The van der Waals surface area contributed by atoms with E-state index in [1.165, 1.54) is 12.8 Å². The van der Waals surface area contributed by atoms with Crippen LogP contribution in [-0.4, -0.2) is 6.04 Å². The summed E-state index contributed by atoms with van der Waals surface area (Å²) < 4.78 is 0. The molecule has 0 saturated heterocycles. The van der Waals surface area contributed by atoms with Crippen molar-refractivity contribution in [1.29, 1.82) is 5.26 Å². The van der Waals surface area contributed by atoms with E-state index in [2.05, 4.69) is 18.3 Å². The fourth-order valence-corrected chi connectivity index (χ4v) is 1.98. The van der Waals surface area contributed by atoms with E-state index in [1.807, 2.05) is 6.07 Å². The number of nitrogens with zero attached hydrogens (tertiary/aromatic N) is 1. The zero-order chi connectivity index (χ0) is 10.8. The van der Waals surface area contributed by atoms with Crippen LogP contribution >= 0.6 is 11.6 Å².